The Morgan fingerprint density at radius 2 is 2.17 bits per heavy atom. The molecule has 1 N–H and O–H groups in total. The molecular weight excluding hydrogens is 76.1 g/mol. The number of aliphatic hydroxyl groups excluding tert-OH is 1. The van der Waals surface area contributed by atoms with Gasteiger partial charge in [0.25, 0.3) is 0 Å². The molecule has 0 bridgehead atoms. The first-order chi connectivity index (χ1) is 2.93. The van der Waals surface area contributed by atoms with Gasteiger partial charge in [-0.2, -0.15) is 0 Å². The van der Waals surface area contributed by atoms with Crippen molar-refractivity contribution in [3.05, 3.63) is 0 Å². The van der Waals surface area contributed by atoms with Gasteiger partial charge in [0.05, 0.1) is 0 Å². The summed E-state index contributed by atoms with van der Waals surface area (Å²) in [5.41, 5.74) is 0. The van der Waals surface area contributed by atoms with E-state index in [9.17, 15) is 0 Å². The molecule has 0 spiro atoms. The van der Waals surface area contributed by atoms with Gasteiger partial charge in [-0.1, -0.05) is 5.92 Å². The lowest BCUT2D eigenvalue weighted by Crippen LogP contribution is -1.58. The first-order valence-electron chi connectivity index (χ1n) is 2.08. The van der Waals surface area contributed by atoms with Crippen LogP contribution in [0.3, 0.4) is 0 Å². The van der Waals surface area contributed by atoms with Gasteiger partial charge >= 0.3 is 0 Å². The molecule has 0 heterocycles. The van der Waals surface area contributed by atoms with Gasteiger partial charge in [0, 0.05) is 5.92 Å². The van der Waals surface area contributed by atoms with Gasteiger partial charge in [0.15, 0.2) is 0 Å². The highest BCUT2D eigenvalue weighted by atomic mass is 16.2. The average Bonchev–Trinajstić information content (AvgIpc) is 2.21. The third-order valence-corrected chi connectivity index (χ3v) is 0.846. The lowest BCUT2D eigenvalue weighted by molar-refractivity contribution is 0.516. The van der Waals surface area contributed by atoms with Crippen LogP contribution in [0.5, 0.6) is 0 Å². The largest absolute Gasteiger partial charge is 0.462 e. The van der Waals surface area contributed by atoms with Crippen LogP contribution < -0.4 is 0 Å². The van der Waals surface area contributed by atoms with E-state index >= 15 is 0 Å². The van der Waals surface area contributed by atoms with Gasteiger partial charge in [-0.3, -0.25) is 0 Å². The molecule has 32 valence electrons. The highest BCUT2D eigenvalue weighted by molar-refractivity contribution is 5.03. The van der Waals surface area contributed by atoms with Crippen LogP contribution in [0.25, 0.3) is 0 Å². The van der Waals surface area contributed by atoms with Crippen LogP contribution in [0.15, 0.2) is 0 Å². The predicted octanol–water partition coefficient (Wildman–Crippen LogP) is 0.730. The summed E-state index contributed by atoms with van der Waals surface area (Å²) in [4.78, 5) is 0. The van der Waals surface area contributed by atoms with Crippen LogP contribution in [0.2, 0.25) is 0 Å². The van der Waals surface area contributed by atoms with Crippen molar-refractivity contribution >= 4 is 0 Å². The van der Waals surface area contributed by atoms with Crippen molar-refractivity contribution in [3.63, 3.8) is 0 Å². The van der Waals surface area contributed by atoms with Gasteiger partial charge < -0.3 is 5.11 Å². The van der Waals surface area contributed by atoms with Crippen molar-refractivity contribution in [1.29, 1.82) is 0 Å². The van der Waals surface area contributed by atoms with Crippen molar-refractivity contribution in [2.45, 2.75) is 12.8 Å². The molecular formula is C5H6O. The van der Waals surface area contributed by atoms with Crippen molar-refractivity contribution in [1.82, 2.24) is 0 Å². The van der Waals surface area contributed by atoms with Gasteiger partial charge in [0.2, 0.25) is 0 Å². The monoisotopic (exact) mass is 82.0 g/mol. The summed E-state index contributed by atoms with van der Waals surface area (Å²) >= 11 is 0. The van der Waals surface area contributed by atoms with Gasteiger partial charge in [-0.25, -0.2) is 0 Å². The standard InChI is InChI=1S/C5H6O/c6-4-3-5-1-2-5/h5-6H,1-2H2. The molecule has 1 nitrogen and oxygen atoms in total. The summed E-state index contributed by atoms with van der Waals surface area (Å²) < 4.78 is 0. The molecule has 1 rings (SSSR count). The molecule has 0 amide bonds. The molecule has 0 aromatic carbocycles. The van der Waals surface area contributed by atoms with Crippen LogP contribution in [-0.4, -0.2) is 5.11 Å². The Kier molecular flexibility index (Phi) is 0.719. The van der Waals surface area contributed by atoms with E-state index in [-0.39, 0.29) is 0 Å². The normalized spacial score (nSPS) is 18.7. The second-order valence-corrected chi connectivity index (χ2v) is 1.53. The predicted molar refractivity (Wildman–Crippen MR) is 22.4 cm³/mol. The molecule has 1 fully saturated rings. The molecule has 0 atom stereocenters. The minimum Gasteiger partial charge on any atom is -0.462 e. The lowest BCUT2D eigenvalue weighted by atomic mass is 10.5. The average molecular weight is 82.1 g/mol. The van der Waals surface area contributed by atoms with E-state index < -0.39 is 0 Å². The number of aliphatic hydroxyl groups is 1. The highest BCUT2D eigenvalue weighted by Crippen LogP contribution is 2.27. The summed E-state index contributed by atoms with van der Waals surface area (Å²) in [5, 5.41) is 7.92. The maximum absolute atomic E-state index is 7.92. The molecule has 1 aliphatic carbocycles. The van der Waals surface area contributed by atoms with Crippen molar-refractivity contribution < 1.29 is 5.11 Å². The fourth-order valence-corrected chi connectivity index (χ4v) is 0.319. The molecule has 0 aromatic heterocycles. The summed E-state index contributed by atoms with van der Waals surface area (Å²) in [6.07, 6.45) is 4.26. The third kappa shape index (κ3) is 0.651. The number of rotatable bonds is 0. The number of hydrogen-bond donors (Lipinski definition) is 1. The van der Waals surface area contributed by atoms with Gasteiger partial charge in [-0.15, -0.1) is 0 Å². The quantitative estimate of drug-likeness (QED) is 0.427. The lowest BCUT2D eigenvalue weighted by Gasteiger charge is -1.61. The highest BCUT2D eigenvalue weighted by Gasteiger charge is 2.17. The van der Waals surface area contributed by atoms with Crippen LogP contribution in [0.1, 0.15) is 12.8 Å². The van der Waals surface area contributed by atoms with Crippen LogP contribution >= 0.6 is 0 Å². The topological polar surface area (TPSA) is 20.2 Å². The Bertz CT molecular complexity index is 92.2. The molecule has 0 radical (unpaired) electrons. The number of hydrogen-bond acceptors (Lipinski definition) is 1. The van der Waals surface area contributed by atoms with E-state index in [1.54, 1.807) is 0 Å². The van der Waals surface area contributed by atoms with E-state index in [2.05, 4.69) is 5.92 Å². The van der Waals surface area contributed by atoms with E-state index in [0.29, 0.717) is 5.92 Å². The van der Waals surface area contributed by atoms with E-state index in [0.717, 1.165) is 0 Å². The van der Waals surface area contributed by atoms with E-state index in [4.69, 9.17) is 5.11 Å². The zero-order valence-electron chi connectivity index (χ0n) is 3.44. The van der Waals surface area contributed by atoms with Crippen molar-refractivity contribution in [3.8, 4) is 12.0 Å². The smallest absolute Gasteiger partial charge is 0.107 e. The van der Waals surface area contributed by atoms with Gasteiger partial charge in [0.1, 0.15) is 6.11 Å². The Morgan fingerprint density at radius 3 is 2.33 bits per heavy atom. The second-order valence-electron chi connectivity index (χ2n) is 1.53. The van der Waals surface area contributed by atoms with E-state index in [1.165, 1.54) is 12.8 Å². The maximum Gasteiger partial charge on any atom is 0.107 e. The zero-order valence-corrected chi connectivity index (χ0v) is 3.44. The molecule has 1 aliphatic rings. The molecule has 0 aliphatic heterocycles. The zero-order chi connectivity index (χ0) is 4.41. The Balaban J connectivity index is 2.27. The SMILES string of the molecule is OC#CC1CC1. The fraction of sp³-hybridized carbons (Fsp3) is 0.600. The minimum absolute atomic E-state index is 0.537. The van der Waals surface area contributed by atoms with Crippen molar-refractivity contribution in [2.24, 2.45) is 5.92 Å². The maximum atomic E-state index is 7.92. The molecule has 1 heteroatoms. The third-order valence-electron chi connectivity index (χ3n) is 0.846. The van der Waals surface area contributed by atoms with Crippen molar-refractivity contribution in [2.75, 3.05) is 0 Å². The Hall–Kier alpha value is -0.640. The first kappa shape index (κ1) is 3.55. The Labute approximate surface area is 37.0 Å². The summed E-state index contributed by atoms with van der Waals surface area (Å²) in [6, 6.07) is 0. The summed E-state index contributed by atoms with van der Waals surface area (Å²) in [6.45, 7) is 0. The van der Waals surface area contributed by atoms with Crippen LogP contribution in [0.4, 0.5) is 0 Å². The van der Waals surface area contributed by atoms with Crippen LogP contribution in [0, 0.1) is 17.9 Å². The molecule has 6 heavy (non-hydrogen) atoms. The first-order valence-corrected chi connectivity index (χ1v) is 2.08. The minimum atomic E-state index is 0.537. The van der Waals surface area contributed by atoms with Crippen LogP contribution in [-0.2, 0) is 0 Å². The summed E-state index contributed by atoms with van der Waals surface area (Å²) in [7, 11) is 0. The molecule has 0 aromatic rings. The van der Waals surface area contributed by atoms with E-state index in [1.807, 2.05) is 6.11 Å². The molecule has 0 saturated heterocycles. The Morgan fingerprint density at radius 1 is 1.50 bits per heavy atom. The molecule has 1 saturated carbocycles. The fourth-order valence-electron chi connectivity index (χ4n) is 0.319. The summed E-state index contributed by atoms with van der Waals surface area (Å²) in [5.74, 6) is 3.16. The molecule has 0 unspecified atom stereocenters. The van der Waals surface area contributed by atoms with Gasteiger partial charge in [-0.05, 0) is 12.8 Å². The second kappa shape index (κ2) is 1.22.